The maximum atomic E-state index is 12.8. The van der Waals surface area contributed by atoms with E-state index in [9.17, 15) is 13.2 Å². The maximum absolute atomic E-state index is 12.8. The zero-order valence-corrected chi connectivity index (χ0v) is 14.3. The third-order valence-corrected chi connectivity index (χ3v) is 6.74. The number of nitrogens with one attached hydrogen (secondary N) is 2. The molecule has 2 saturated heterocycles. The molecule has 2 N–H and O–H groups in total. The Balaban J connectivity index is 1.76. The monoisotopic (exact) mass is 337 g/mol. The van der Waals surface area contributed by atoms with E-state index in [0.717, 1.165) is 25.7 Å². The molecular formula is C16H23N3O3S. The van der Waals surface area contributed by atoms with Crippen molar-refractivity contribution >= 4 is 21.6 Å². The molecule has 0 spiro atoms. The molecule has 2 aliphatic heterocycles. The first-order chi connectivity index (χ1) is 10.9. The van der Waals surface area contributed by atoms with Gasteiger partial charge in [0.25, 0.3) is 0 Å². The first-order valence-corrected chi connectivity index (χ1v) is 9.42. The zero-order valence-electron chi connectivity index (χ0n) is 13.5. The van der Waals surface area contributed by atoms with Crippen molar-refractivity contribution in [2.24, 2.45) is 0 Å². The van der Waals surface area contributed by atoms with Crippen LogP contribution in [0.3, 0.4) is 0 Å². The number of nitrogens with zero attached hydrogens (tertiary/aromatic N) is 1. The highest BCUT2D eigenvalue weighted by Crippen LogP contribution is 2.31. The number of rotatable bonds is 4. The smallest absolute Gasteiger partial charge is 0.243 e. The van der Waals surface area contributed by atoms with Crippen molar-refractivity contribution in [2.75, 3.05) is 12.4 Å². The van der Waals surface area contributed by atoms with E-state index in [1.807, 2.05) is 0 Å². The van der Waals surface area contributed by atoms with E-state index in [4.69, 9.17) is 0 Å². The van der Waals surface area contributed by atoms with Crippen molar-refractivity contribution in [1.82, 2.24) is 9.62 Å². The van der Waals surface area contributed by atoms with Crippen LogP contribution in [0.25, 0.3) is 0 Å². The van der Waals surface area contributed by atoms with Crippen LogP contribution in [0.15, 0.2) is 29.2 Å². The summed E-state index contributed by atoms with van der Waals surface area (Å²) in [6.07, 6.45) is 4.02. The maximum Gasteiger partial charge on any atom is 0.243 e. The van der Waals surface area contributed by atoms with Crippen molar-refractivity contribution in [3.8, 4) is 0 Å². The van der Waals surface area contributed by atoms with Gasteiger partial charge in [0.15, 0.2) is 0 Å². The lowest BCUT2D eigenvalue weighted by Gasteiger charge is -2.34. The van der Waals surface area contributed by atoms with Crippen molar-refractivity contribution in [2.45, 2.75) is 55.6 Å². The van der Waals surface area contributed by atoms with Crippen LogP contribution < -0.4 is 10.6 Å². The van der Waals surface area contributed by atoms with Crippen LogP contribution in [-0.2, 0) is 14.8 Å². The molecular weight excluding hydrogens is 314 g/mol. The van der Waals surface area contributed by atoms with Crippen LogP contribution in [0.4, 0.5) is 5.69 Å². The van der Waals surface area contributed by atoms with Gasteiger partial charge in [-0.15, -0.1) is 0 Å². The molecule has 2 fully saturated rings. The second-order valence-corrected chi connectivity index (χ2v) is 8.49. The fourth-order valence-electron chi connectivity index (χ4n) is 3.60. The number of amides is 1. The molecule has 2 atom stereocenters. The quantitative estimate of drug-likeness (QED) is 0.874. The third-order valence-electron chi connectivity index (χ3n) is 4.81. The minimum Gasteiger partial charge on any atom is -0.326 e. The highest BCUT2D eigenvalue weighted by molar-refractivity contribution is 7.89. The van der Waals surface area contributed by atoms with Crippen LogP contribution in [0, 0.1) is 0 Å². The minimum atomic E-state index is -3.51. The molecule has 0 radical (unpaired) electrons. The van der Waals surface area contributed by atoms with E-state index >= 15 is 0 Å². The fourth-order valence-corrected chi connectivity index (χ4v) is 4.98. The van der Waals surface area contributed by atoms with E-state index < -0.39 is 10.0 Å². The fraction of sp³-hybridized carbons (Fsp3) is 0.562. The van der Waals surface area contributed by atoms with Crippen LogP contribution in [0.2, 0.25) is 0 Å². The summed E-state index contributed by atoms with van der Waals surface area (Å²) in [4.78, 5) is 11.3. The predicted octanol–water partition coefficient (Wildman–Crippen LogP) is 1.55. The molecule has 2 bridgehead atoms. The highest BCUT2D eigenvalue weighted by atomic mass is 32.2. The van der Waals surface area contributed by atoms with E-state index in [1.54, 1.807) is 31.3 Å². The highest BCUT2D eigenvalue weighted by Gasteiger charge is 2.38. The normalized spacial score (nSPS) is 27.2. The Morgan fingerprint density at radius 1 is 1.17 bits per heavy atom. The standard InChI is InChI=1S/C16H23N3O3S/c1-11(20)17-12-5-7-16(8-6-12)23(21,22)19(2)15-9-13-3-4-14(10-15)18-13/h5-8,13-15,18H,3-4,9-10H2,1-2H3,(H,17,20). The average molecular weight is 337 g/mol. The first-order valence-electron chi connectivity index (χ1n) is 7.98. The Kier molecular flexibility index (Phi) is 4.44. The van der Waals surface area contributed by atoms with E-state index in [0.29, 0.717) is 17.8 Å². The summed E-state index contributed by atoms with van der Waals surface area (Å²) in [6.45, 7) is 1.42. The number of benzene rings is 1. The van der Waals surface area contributed by atoms with Crippen molar-refractivity contribution in [3.05, 3.63) is 24.3 Å². The van der Waals surface area contributed by atoms with Crippen molar-refractivity contribution in [3.63, 3.8) is 0 Å². The largest absolute Gasteiger partial charge is 0.326 e. The summed E-state index contributed by atoms with van der Waals surface area (Å²) in [5.41, 5.74) is 0.596. The van der Waals surface area contributed by atoms with Gasteiger partial charge in [-0.2, -0.15) is 4.31 Å². The summed E-state index contributed by atoms with van der Waals surface area (Å²) in [5, 5.41) is 6.17. The van der Waals surface area contributed by atoms with Crippen LogP contribution >= 0.6 is 0 Å². The predicted molar refractivity (Wildman–Crippen MR) is 88.7 cm³/mol. The van der Waals surface area contributed by atoms with Crippen LogP contribution in [-0.4, -0.2) is 43.8 Å². The summed E-state index contributed by atoms with van der Waals surface area (Å²) >= 11 is 0. The molecule has 7 heteroatoms. The molecule has 0 aromatic heterocycles. The molecule has 0 aliphatic carbocycles. The van der Waals surface area contributed by atoms with E-state index in [2.05, 4.69) is 10.6 Å². The number of hydrogen-bond donors (Lipinski definition) is 2. The van der Waals surface area contributed by atoms with Gasteiger partial charge in [0.05, 0.1) is 4.90 Å². The number of hydrogen-bond acceptors (Lipinski definition) is 4. The summed E-state index contributed by atoms with van der Waals surface area (Å²) in [7, 11) is -1.84. The number of carbonyl (C=O) groups is 1. The van der Waals surface area contributed by atoms with Gasteiger partial charge in [0.1, 0.15) is 0 Å². The Labute approximate surface area is 137 Å². The van der Waals surface area contributed by atoms with Crippen LogP contribution in [0.1, 0.15) is 32.6 Å². The Bertz CT molecular complexity index is 675. The number of piperidine rings is 1. The molecule has 2 heterocycles. The third kappa shape index (κ3) is 3.41. The zero-order chi connectivity index (χ0) is 16.6. The number of carbonyl (C=O) groups excluding carboxylic acids is 1. The van der Waals surface area contributed by atoms with Gasteiger partial charge in [0, 0.05) is 37.8 Å². The molecule has 1 aromatic carbocycles. The average Bonchev–Trinajstić information content (AvgIpc) is 2.84. The van der Waals surface area contributed by atoms with Gasteiger partial charge in [0.2, 0.25) is 15.9 Å². The Hall–Kier alpha value is -1.44. The number of anilines is 1. The van der Waals surface area contributed by atoms with Gasteiger partial charge < -0.3 is 10.6 Å². The van der Waals surface area contributed by atoms with E-state index in [1.165, 1.54) is 11.2 Å². The second-order valence-electron chi connectivity index (χ2n) is 6.49. The van der Waals surface area contributed by atoms with Gasteiger partial charge in [-0.1, -0.05) is 0 Å². The van der Waals surface area contributed by atoms with Gasteiger partial charge >= 0.3 is 0 Å². The molecule has 3 rings (SSSR count). The minimum absolute atomic E-state index is 0.0498. The Morgan fingerprint density at radius 3 is 2.26 bits per heavy atom. The Morgan fingerprint density at radius 2 is 1.74 bits per heavy atom. The van der Waals surface area contributed by atoms with Crippen molar-refractivity contribution < 1.29 is 13.2 Å². The summed E-state index contributed by atoms with van der Waals surface area (Å²) in [6, 6.07) is 7.27. The molecule has 2 unspecified atom stereocenters. The lowest BCUT2D eigenvalue weighted by atomic mass is 10.0. The molecule has 126 valence electrons. The summed E-state index contributed by atoms with van der Waals surface area (Å²) in [5.74, 6) is -0.178. The SMILES string of the molecule is CC(=O)Nc1ccc(S(=O)(=O)N(C)C2CC3CCC(C2)N3)cc1. The topological polar surface area (TPSA) is 78.5 Å². The number of fused-ring (bicyclic) bond motifs is 2. The second kappa shape index (κ2) is 6.22. The number of sulfonamides is 1. The molecule has 23 heavy (non-hydrogen) atoms. The van der Waals surface area contributed by atoms with E-state index in [-0.39, 0.29) is 16.8 Å². The molecule has 1 aromatic rings. The summed E-state index contributed by atoms with van der Waals surface area (Å²) < 4.78 is 27.2. The molecule has 2 aliphatic rings. The molecule has 1 amide bonds. The lowest BCUT2D eigenvalue weighted by molar-refractivity contribution is -0.114. The molecule has 6 nitrogen and oxygen atoms in total. The van der Waals surface area contributed by atoms with Crippen LogP contribution in [0.5, 0.6) is 0 Å². The van der Waals surface area contributed by atoms with Gasteiger partial charge in [-0.3, -0.25) is 4.79 Å². The first kappa shape index (κ1) is 16.4. The lowest BCUT2D eigenvalue weighted by Crippen LogP contribution is -2.48. The van der Waals surface area contributed by atoms with Gasteiger partial charge in [-0.25, -0.2) is 8.42 Å². The van der Waals surface area contributed by atoms with Crippen molar-refractivity contribution in [1.29, 1.82) is 0 Å². The molecule has 0 saturated carbocycles. The van der Waals surface area contributed by atoms with Gasteiger partial charge in [-0.05, 0) is 49.9 Å².